The zero-order valence-corrected chi connectivity index (χ0v) is 17.8. The summed E-state index contributed by atoms with van der Waals surface area (Å²) in [6, 6.07) is 9.11. The number of nitriles is 1. The van der Waals surface area contributed by atoms with Crippen molar-refractivity contribution in [1.29, 1.82) is 5.26 Å². The summed E-state index contributed by atoms with van der Waals surface area (Å²) in [6.45, 7) is 1.78. The number of imidazole rings is 1. The van der Waals surface area contributed by atoms with Crippen LogP contribution >= 0.6 is 0 Å². The Morgan fingerprint density at radius 3 is 2.73 bits per heavy atom. The third-order valence-corrected chi connectivity index (χ3v) is 5.52. The molecule has 0 unspecified atom stereocenters. The van der Waals surface area contributed by atoms with Crippen LogP contribution in [0.15, 0.2) is 43.0 Å². The molecule has 2 aromatic heterocycles. The lowest BCUT2D eigenvalue weighted by Gasteiger charge is -2.24. The van der Waals surface area contributed by atoms with Crippen LogP contribution in [0.4, 0.5) is 5.82 Å². The molecule has 4 atom stereocenters. The van der Waals surface area contributed by atoms with Crippen molar-refractivity contribution < 1.29 is 19.7 Å². The van der Waals surface area contributed by atoms with Gasteiger partial charge in [0.15, 0.2) is 17.7 Å². The van der Waals surface area contributed by atoms with Gasteiger partial charge in [0.1, 0.15) is 30.2 Å². The Bertz CT molecular complexity index is 1220. The van der Waals surface area contributed by atoms with Crippen LogP contribution in [0.5, 0.6) is 0 Å². The predicted octanol–water partition coefficient (Wildman–Crippen LogP) is 0.461. The maximum Gasteiger partial charge on any atom is 0.219 e. The van der Waals surface area contributed by atoms with Crippen molar-refractivity contribution in [2.75, 3.05) is 18.8 Å². The Morgan fingerprint density at radius 1 is 1.27 bits per heavy atom. The van der Waals surface area contributed by atoms with Gasteiger partial charge in [-0.2, -0.15) is 5.26 Å². The van der Waals surface area contributed by atoms with E-state index in [0.717, 1.165) is 5.56 Å². The number of nitrogens with zero attached hydrogens (tertiary/aromatic N) is 6. The maximum absolute atomic E-state index is 12.2. The maximum atomic E-state index is 12.2. The minimum atomic E-state index is -1.26. The van der Waals surface area contributed by atoms with E-state index in [-0.39, 0.29) is 24.8 Å². The Hall–Kier alpha value is -3.85. The van der Waals surface area contributed by atoms with Gasteiger partial charge in [-0.25, -0.2) is 15.0 Å². The zero-order valence-electron chi connectivity index (χ0n) is 17.8. The van der Waals surface area contributed by atoms with Crippen molar-refractivity contribution in [2.24, 2.45) is 0 Å². The minimum Gasteiger partial charge on any atom is -0.387 e. The van der Waals surface area contributed by atoms with Crippen molar-refractivity contribution >= 4 is 29.0 Å². The van der Waals surface area contributed by atoms with E-state index in [9.17, 15) is 15.0 Å². The number of aliphatic hydroxyl groups excluding tert-OH is 2. The highest BCUT2D eigenvalue weighted by Gasteiger charge is 2.45. The molecule has 1 saturated heterocycles. The van der Waals surface area contributed by atoms with Gasteiger partial charge in [-0.1, -0.05) is 24.3 Å². The average molecular weight is 449 g/mol. The minimum absolute atomic E-state index is 0.0749. The SMILES string of the molecule is CC(=O)N(C/C=C/c1ccc(C#N)cc1)C[C@H]1O[C@@H](n2cnc3c(N)ncnc32)[C@H](O)[C@@H]1O. The molecule has 0 spiro atoms. The summed E-state index contributed by atoms with van der Waals surface area (Å²) in [4.78, 5) is 25.9. The quantitative estimate of drug-likeness (QED) is 0.485. The predicted molar refractivity (Wildman–Crippen MR) is 118 cm³/mol. The number of fused-ring (bicyclic) bond motifs is 1. The van der Waals surface area contributed by atoms with Crippen LogP contribution in [-0.2, 0) is 9.53 Å². The normalized spacial score (nSPS) is 22.6. The summed E-state index contributed by atoms with van der Waals surface area (Å²) in [6.07, 6.45) is 2.08. The van der Waals surface area contributed by atoms with Crippen LogP contribution in [0.3, 0.4) is 0 Å². The number of nitrogens with two attached hydrogens (primary N) is 1. The van der Waals surface area contributed by atoms with Crippen LogP contribution in [0.1, 0.15) is 24.3 Å². The molecule has 11 heteroatoms. The lowest BCUT2D eigenvalue weighted by molar-refractivity contribution is -0.131. The highest BCUT2D eigenvalue weighted by Crippen LogP contribution is 2.32. The average Bonchev–Trinajstić information content (AvgIpc) is 3.36. The molecule has 4 N–H and O–H groups in total. The lowest BCUT2D eigenvalue weighted by Crippen LogP contribution is -2.42. The summed E-state index contributed by atoms with van der Waals surface area (Å²) in [7, 11) is 0. The molecule has 11 nitrogen and oxygen atoms in total. The molecule has 1 fully saturated rings. The van der Waals surface area contributed by atoms with E-state index in [1.807, 2.05) is 18.2 Å². The second-order valence-electron chi connectivity index (χ2n) is 7.69. The number of carbonyl (C=O) groups is 1. The Labute approximate surface area is 189 Å². The highest BCUT2D eigenvalue weighted by molar-refractivity contribution is 5.81. The van der Waals surface area contributed by atoms with E-state index in [2.05, 4.69) is 21.0 Å². The monoisotopic (exact) mass is 449 g/mol. The first-order valence-electron chi connectivity index (χ1n) is 10.3. The molecule has 0 radical (unpaired) electrons. The first-order chi connectivity index (χ1) is 15.9. The van der Waals surface area contributed by atoms with E-state index in [1.54, 1.807) is 18.2 Å². The number of rotatable bonds is 6. The number of hydrogen-bond acceptors (Lipinski definition) is 9. The summed E-state index contributed by atoms with van der Waals surface area (Å²) >= 11 is 0. The molecule has 0 aliphatic carbocycles. The fourth-order valence-electron chi connectivity index (χ4n) is 3.70. The molecule has 1 aliphatic rings. The molecular formula is C22H23N7O4. The molecule has 1 aromatic carbocycles. The van der Waals surface area contributed by atoms with Gasteiger partial charge < -0.3 is 25.6 Å². The number of aromatic nitrogens is 4. The van der Waals surface area contributed by atoms with E-state index in [0.29, 0.717) is 16.7 Å². The molecule has 170 valence electrons. The fraction of sp³-hybridized carbons (Fsp3) is 0.318. The van der Waals surface area contributed by atoms with Crippen molar-refractivity contribution in [3.05, 3.63) is 54.1 Å². The number of hydrogen-bond donors (Lipinski definition) is 3. The van der Waals surface area contributed by atoms with Crippen molar-refractivity contribution in [1.82, 2.24) is 24.4 Å². The van der Waals surface area contributed by atoms with Crippen LogP contribution in [-0.4, -0.2) is 71.9 Å². The Kier molecular flexibility index (Phi) is 6.32. The molecule has 1 aliphatic heterocycles. The number of anilines is 1. The number of amides is 1. The van der Waals surface area contributed by atoms with Crippen LogP contribution < -0.4 is 5.73 Å². The standard InChI is InChI=1S/C22H23N7O4/c1-13(30)28(8-2-3-14-4-6-15(9-23)7-5-14)10-16-18(31)19(32)22(33-16)29-12-27-17-20(24)25-11-26-21(17)29/h2-7,11-12,16,18-19,22,31-32H,8,10H2,1H3,(H2,24,25,26)/b3-2+/t16-,18-,19-,22-/m1/s1. The second kappa shape index (κ2) is 9.33. The second-order valence-corrected chi connectivity index (χ2v) is 7.69. The van der Waals surface area contributed by atoms with Gasteiger partial charge in [-0.15, -0.1) is 0 Å². The van der Waals surface area contributed by atoms with Gasteiger partial charge in [-0.05, 0) is 17.7 Å². The zero-order chi connectivity index (χ0) is 23.5. The Balaban J connectivity index is 1.45. The fourth-order valence-corrected chi connectivity index (χ4v) is 3.70. The van der Waals surface area contributed by atoms with E-state index < -0.39 is 24.5 Å². The molecular weight excluding hydrogens is 426 g/mol. The van der Waals surface area contributed by atoms with Gasteiger partial charge in [0.25, 0.3) is 0 Å². The summed E-state index contributed by atoms with van der Waals surface area (Å²) < 4.78 is 7.41. The molecule has 1 amide bonds. The number of ether oxygens (including phenoxy) is 1. The number of carbonyl (C=O) groups excluding carboxylic acids is 1. The molecule has 3 aromatic rings. The van der Waals surface area contributed by atoms with E-state index in [4.69, 9.17) is 15.7 Å². The van der Waals surface area contributed by atoms with Crippen molar-refractivity contribution in [2.45, 2.75) is 31.5 Å². The van der Waals surface area contributed by atoms with Gasteiger partial charge >= 0.3 is 0 Å². The Morgan fingerprint density at radius 2 is 2.03 bits per heavy atom. The summed E-state index contributed by atoms with van der Waals surface area (Å²) in [5.74, 6) is -0.0121. The van der Waals surface area contributed by atoms with Gasteiger partial charge in [0, 0.05) is 20.0 Å². The molecule has 33 heavy (non-hydrogen) atoms. The first-order valence-corrected chi connectivity index (χ1v) is 10.3. The molecule has 0 saturated carbocycles. The number of aliphatic hydroxyl groups is 2. The smallest absolute Gasteiger partial charge is 0.219 e. The van der Waals surface area contributed by atoms with E-state index in [1.165, 1.54) is 29.0 Å². The number of nitrogen functional groups attached to an aromatic ring is 1. The molecule has 4 rings (SSSR count). The largest absolute Gasteiger partial charge is 0.387 e. The summed E-state index contributed by atoms with van der Waals surface area (Å²) in [5.41, 5.74) is 8.00. The highest BCUT2D eigenvalue weighted by atomic mass is 16.6. The molecule has 0 bridgehead atoms. The first kappa shape index (κ1) is 22.3. The van der Waals surface area contributed by atoms with Gasteiger partial charge in [-0.3, -0.25) is 9.36 Å². The van der Waals surface area contributed by atoms with Crippen molar-refractivity contribution in [3.63, 3.8) is 0 Å². The van der Waals surface area contributed by atoms with Crippen LogP contribution in [0.2, 0.25) is 0 Å². The van der Waals surface area contributed by atoms with Gasteiger partial charge in [0.05, 0.1) is 18.0 Å². The van der Waals surface area contributed by atoms with Gasteiger partial charge in [0.2, 0.25) is 5.91 Å². The van der Waals surface area contributed by atoms with Crippen LogP contribution in [0, 0.1) is 11.3 Å². The van der Waals surface area contributed by atoms with Crippen LogP contribution in [0.25, 0.3) is 17.2 Å². The van der Waals surface area contributed by atoms with E-state index >= 15 is 0 Å². The third-order valence-electron chi connectivity index (χ3n) is 5.52. The molecule has 3 heterocycles. The third kappa shape index (κ3) is 4.54. The topological polar surface area (TPSA) is 163 Å². The van der Waals surface area contributed by atoms with Crippen molar-refractivity contribution in [3.8, 4) is 6.07 Å². The summed E-state index contributed by atoms with van der Waals surface area (Å²) in [5, 5.41) is 30.1. The number of benzene rings is 1. The lowest BCUT2D eigenvalue weighted by atomic mass is 10.1.